The van der Waals surface area contributed by atoms with Crippen molar-refractivity contribution in [2.24, 2.45) is 0 Å². The third-order valence-corrected chi connectivity index (χ3v) is 3.77. The molecule has 0 aromatic heterocycles. The van der Waals surface area contributed by atoms with Crippen LogP contribution in [0.25, 0.3) is 0 Å². The van der Waals surface area contributed by atoms with Crippen LogP contribution < -0.4 is 5.32 Å². The van der Waals surface area contributed by atoms with Crippen LogP contribution in [0, 0.1) is 0 Å². The SMILES string of the molecule is COC(=O)[C@@H]1CS[C@H](C(=O)c2ccccc2)N1. The Balaban J connectivity index is 2.02. The van der Waals surface area contributed by atoms with Gasteiger partial charge in [-0.15, -0.1) is 11.8 Å². The second-order valence-corrected chi connectivity index (χ2v) is 4.82. The standard InChI is InChI=1S/C12H13NO3S/c1-16-12(15)9-7-17-11(13-9)10(14)8-5-3-2-4-6-8/h2-6,9,11,13H,7H2,1H3/t9-,11+/m0/s1. The summed E-state index contributed by atoms with van der Waals surface area (Å²) < 4.78 is 4.64. The summed E-state index contributed by atoms with van der Waals surface area (Å²) in [6, 6.07) is 8.67. The highest BCUT2D eigenvalue weighted by Crippen LogP contribution is 2.22. The fourth-order valence-electron chi connectivity index (χ4n) is 1.65. The average Bonchev–Trinajstić information content (AvgIpc) is 2.87. The molecule has 1 saturated heterocycles. The second kappa shape index (κ2) is 5.33. The predicted octanol–water partition coefficient (Wildman–Crippen LogP) is 1.07. The molecule has 0 spiro atoms. The molecule has 1 aliphatic heterocycles. The summed E-state index contributed by atoms with van der Waals surface area (Å²) in [4.78, 5) is 23.4. The quantitative estimate of drug-likeness (QED) is 0.643. The topological polar surface area (TPSA) is 55.4 Å². The molecule has 1 heterocycles. The Morgan fingerprint density at radius 1 is 1.35 bits per heavy atom. The molecule has 90 valence electrons. The van der Waals surface area contributed by atoms with Gasteiger partial charge in [0.05, 0.1) is 7.11 Å². The number of hydrogen-bond acceptors (Lipinski definition) is 5. The molecule has 4 nitrogen and oxygen atoms in total. The largest absolute Gasteiger partial charge is 0.468 e. The van der Waals surface area contributed by atoms with E-state index in [1.807, 2.05) is 18.2 Å². The molecule has 1 aromatic carbocycles. The number of esters is 1. The normalized spacial score (nSPS) is 23.4. The number of rotatable bonds is 3. The van der Waals surface area contributed by atoms with Crippen molar-refractivity contribution in [2.45, 2.75) is 11.4 Å². The van der Waals surface area contributed by atoms with E-state index >= 15 is 0 Å². The third-order valence-electron chi connectivity index (χ3n) is 2.56. The van der Waals surface area contributed by atoms with E-state index in [-0.39, 0.29) is 23.2 Å². The molecule has 0 radical (unpaired) electrons. The Morgan fingerprint density at radius 2 is 2.06 bits per heavy atom. The van der Waals surface area contributed by atoms with Crippen molar-refractivity contribution in [1.29, 1.82) is 0 Å². The van der Waals surface area contributed by atoms with Crippen LogP contribution >= 0.6 is 11.8 Å². The van der Waals surface area contributed by atoms with Gasteiger partial charge in [0.1, 0.15) is 11.4 Å². The lowest BCUT2D eigenvalue weighted by molar-refractivity contribution is -0.142. The van der Waals surface area contributed by atoms with E-state index in [2.05, 4.69) is 10.1 Å². The van der Waals surface area contributed by atoms with Crippen molar-refractivity contribution in [3.63, 3.8) is 0 Å². The molecule has 2 atom stereocenters. The summed E-state index contributed by atoms with van der Waals surface area (Å²) >= 11 is 1.44. The van der Waals surface area contributed by atoms with Gasteiger partial charge < -0.3 is 4.74 Å². The molecule has 0 amide bonds. The Labute approximate surface area is 104 Å². The fourth-order valence-corrected chi connectivity index (χ4v) is 2.82. The molecule has 2 rings (SSSR count). The maximum Gasteiger partial charge on any atom is 0.323 e. The fraction of sp³-hybridized carbons (Fsp3) is 0.333. The monoisotopic (exact) mass is 251 g/mol. The molecule has 0 saturated carbocycles. The molecule has 5 heteroatoms. The molecular formula is C12H13NO3S. The summed E-state index contributed by atoms with van der Waals surface area (Å²) in [6.45, 7) is 0. The van der Waals surface area contributed by atoms with E-state index in [9.17, 15) is 9.59 Å². The minimum Gasteiger partial charge on any atom is -0.468 e. The van der Waals surface area contributed by atoms with Crippen molar-refractivity contribution >= 4 is 23.5 Å². The van der Waals surface area contributed by atoms with E-state index in [4.69, 9.17) is 0 Å². The van der Waals surface area contributed by atoms with Crippen molar-refractivity contribution in [1.82, 2.24) is 5.32 Å². The number of nitrogens with one attached hydrogen (secondary N) is 1. The molecule has 1 fully saturated rings. The van der Waals surface area contributed by atoms with Gasteiger partial charge in [-0.3, -0.25) is 14.9 Å². The van der Waals surface area contributed by atoms with Crippen molar-refractivity contribution in [3.8, 4) is 0 Å². The van der Waals surface area contributed by atoms with E-state index in [1.54, 1.807) is 12.1 Å². The van der Waals surface area contributed by atoms with Crippen LogP contribution in [0.4, 0.5) is 0 Å². The van der Waals surface area contributed by atoms with Crippen LogP contribution in [0.3, 0.4) is 0 Å². The van der Waals surface area contributed by atoms with Gasteiger partial charge in [-0.25, -0.2) is 0 Å². The summed E-state index contributed by atoms with van der Waals surface area (Å²) in [5.41, 5.74) is 0.656. The van der Waals surface area contributed by atoms with E-state index in [0.29, 0.717) is 11.3 Å². The third kappa shape index (κ3) is 2.68. The minimum absolute atomic E-state index is 0.00185. The number of benzene rings is 1. The molecule has 0 bridgehead atoms. The van der Waals surface area contributed by atoms with Crippen molar-refractivity contribution in [2.75, 3.05) is 12.9 Å². The number of carbonyl (C=O) groups excluding carboxylic acids is 2. The lowest BCUT2D eigenvalue weighted by Crippen LogP contribution is -2.40. The molecule has 17 heavy (non-hydrogen) atoms. The number of methoxy groups -OCH3 is 1. The number of thioether (sulfide) groups is 1. The Kier molecular flexibility index (Phi) is 3.81. The maximum atomic E-state index is 12.1. The number of ketones is 1. The van der Waals surface area contributed by atoms with Crippen LogP contribution in [0.1, 0.15) is 10.4 Å². The zero-order valence-electron chi connectivity index (χ0n) is 9.38. The Hall–Kier alpha value is -1.33. The van der Waals surface area contributed by atoms with Gasteiger partial charge in [-0.1, -0.05) is 30.3 Å². The number of Topliss-reactive ketones (excluding diaryl/α,β-unsaturated/α-hetero) is 1. The highest BCUT2D eigenvalue weighted by molar-refractivity contribution is 8.00. The van der Waals surface area contributed by atoms with Gasteiger partial charge in [-0.2, -0.15) is 0 Å². The zero-order valence-corrected chi connectivity index (χ0v) is 10.2. The van der Waals surface area contributed by atoms with Crippen LogP contribution in [0.5, 0.6) is 0 Å². The van der Waals surface area contributed by atoms with Crippen LogP contribution in [-0.2, 0) is 9.53 Å². The van der Waals surface area contributed by atoms with Crippen LogP contribution in [0.2, 0.25) is 0 Å². The summed E-state index contributed by atoms with van der Waals surface area (Å²) in [5.74, 6) is 0.249. The van der Waals surface area contributed by atoms with Gasteiger partial charge in [-0.05, 0) is 0 Å². The lowest BCUT2D eigenvalue weighted by Gasteiger charge is -2.10. The Morgan fingerprint density at radius 3 is 2.71 bits per heavy atom. The first kappa shape index (κ1) is 12.1. The summed E-state index contributed by atoms with van der Waals surface area (Å²) in [6.07, 6.45) is 0. The first-order chi connectivity index (χ1) is 8.22. The highest BCUT2D eigenvalue weighted by Gasteiger charge is 2.34. The highest BCUT2D eigenvalue weighted by atomic mass is 32.2. The van der Waals surface area contributed by atoms with Gasteiger partial charge in [0, 0.05) is 11.3 Å². The van der Waals surface area contributed by atoms with E-state index in [1.165, 1.54) is 18.9 Å². The molecule has 1 aromatic rings. The van der Waals surface area contributed by atoms with Gasteiger partial charge >= 0.3 is 5.97 Å². The van der Waals surface area contributed by atoms with Crippen molar-refractivity contribution in [3.05, 3.63) is 35.9 Å². The average molecular weight is 251 g/mol. The maximum absolute atomic E-state index is 12.1. The summed E-state index contributed by atoms with van der Waals surface area (Å²) in [7, 11) is 1.35. The smallest absolute Gasteiger partial charge is 0.323 e. The zero-order chi connectivity index (χ0) is 12.3. The number of carbonyl (C=O) groups is 2. The van der Waals surface area contributed by atoms with E-state index < -0.39 is 0 Å². The molecule has 1 N–H and O–H groups in total. The Bertz CT molecular complexity index is 421. The van der Waals surface area contributed by atoms with Gasteiger partial charge in [0.2, 0.25) is 0 Å². The van der Waals surface area contributed by atoms with Gasteiger partial charge in [0.25, 0.3) is 0 Å². The van der Waals surface area contributed by atoms with E-state index in [0.717, 1.165) is 0 Å². The lowest BCUT2D eigenvalue weighted by atomic mass is 10.1. The second-order valence-electron chi connectivity index (χ2n) is 3.69. The first-order valence-corrected chi connectivity index (χ1v) is 6.32. The molecule has 0 unspecified atom stereocenters. The van der Waals surface area contributed by atoms with Crippen LogP contribution in [-0.4, -0.2) is 36.0 Å². The summed E-state index contributed by atoms with van der Waals surface area (Å²) in [5, 5.41) is 2.62. The number of ether oxygens (including phenoxy) is 1. The minimum atomic E-state index is -0.386. The van der Waals surface area contributed by atoms with Crippen molar-refractivity contribution < 1.29 is 14.3 Å². The number of hydrogen-bond donors (Lipinski definition) is 1. The predicted molar refractivity (Wildman–Crippen MR) is 66.0 cm³/mol. The molecular weight excluding hydrogens is 238 g/mol. The first-order valence-electron chi connectivity index (χ1n) is 5.27. The molecule has 0 aliphatic carbocycles. The van der Waals surface area contributed by atoms with Gasteiger partial charge in [0.15, 0.2) is 5.78 Å². The molecule has 1 aliphatic rings. The van der Waals surface area contributed by atoms with Crippen LogP contribution in [0.15, 0.2) is 30.3 Å².